The van der Waals surface area contributed by atoms with Crippen molar-refractivity contribution in [2.24, 2.45) is 0 Å². The molecule has 1 fully saturated rings. The lowest BCUT2D eigenvalue weighted by Crippen LogP contribution is -2.43. The average molecular weight is 419 g/mol. The lowest BCUT2D eigenvalue weighted by molar-refractivity contribution is 0.508. The molecule has 29 heavy (non-hydrogen) atoms. The van der Waals surface area contributed by atoms with Crippen molar-refractivity contribution in [1.29, 1.82) is 0 Å². The van der Waals surface area contributed by atoms with Crippen LogP contribution in [0.4, 0.5) is 14.5 Å². The first-order valence-electron chi connectivity index (χ1n) is 9.02. The predicted molar refractivity (Wildman–Crippen MR) is 103 cm³/mol. The summed E-state index contributed by atoms with van der Waals surface area (Å²) in [6, 6.07) is 11.9. The second-order valence-corrected chi connectivity index (χ2v) is 9.00. The van der Waals surface area contributed by atoms with Gasteiger partial charge in [-0.3, -0.25) is 5.32 Å². The molecule has 1 aliphatic heterocycles. The van der Waals surface area contributed by atoms with Crippen molar-refractivity contribution in [2.75, 3.05) is 5.32 Å². The quantitative estimate of drug-likeness (QED) is 0.660. The molecule has 9 heteroatoms. The van der Waals surface area contributed by atoms with E-state index < -0.39 is 32.9 Å². The molecule has 1 aliphatic rings. The second kappa shape index (κ2) is 7.57. The number of hydrogen-bond donors (Lipinski definition) is 2. The maximum atomic E-state index is 13.7. The summed E-state index contributed by atoms with van der Waals surface area (Å²) in [6.45, 7) is 1.88. The van der Waals surface area contributed by atoms with Gasteiger partial charge in [-0.25, -0.2) is 22.2 Å². The number of nitrogens with zero attached hydrogens (tertiary/aromatic N) is 1. The molecule has 0 aliphatic carbocycles. The van der Waals surface area contributed by atoms with Gasteiger partial charge in [0.1, 0.15) is 11.6 Å². The van der Waals surface area contributed by atoms with Gasteiger partial charge in [0.15, 0.2) is 23.1 Å². The van der Waals surface area contributed by atoms with Crippen LogP contribution < -0.4 is 10.6 Å². The first-order valence-corrected chi connectivity index (χ1v) is 10.6. The highest BCUT2D eigenvalue weighted by Crippen LogP contribution is 2.37. The fourth-order valence-electron chi connectivity index (χ4n) is 3.84. The maximum Gasteiger partial charge on any atom is 0.216 e. The largest absolute Gasteiger partial charge is 0.450 e. The summed E-state index contributed by atoms with van der Waals surface area (Å²) < 4.78 is 58.3. The smallest absolute Gasteiger partial charge is 0.216 e. The van der Waals surface area contributed by atoms with E-state index in [-0.39, 0.29) is 22.7 Å². The van der Waals surface area contributed by atoms with Gasteiger partial charge in [-0.2, -0.15) is 0 Å². The summed E-state index contributed by atoms with van der Waals surface area (Å²) in [4.78, 5) is 3.79. The fourth-order valence-corrected chi connectivity index (χ4v) is 5.49. The van der Waals surface area contributed by atoms with Crippen molar-refractivity contribution in [1.82, 2.24) is 10.3 Å². The number of nitrogens with one attached hydrogen (secondary N) is 2. The number of aromatic nitrogens is 1. The Bertz CT molecular complexity index is 1090. The summed E-state index contributed by atoms with van der Waals surface area (Å²) in [5, 5.41) is 4.98. The van der Waals surface area contributed by atoms with E-state index in [1.165, 1.54) is 6.07 Å². The van der Waals surface area contributed by atoms with Gasteiger partial charge in [-0.05, 0) is 24.6 Å². The third kappa shape index (κ3) is 3.63. The second-order valence-electron chi connectivity index (χ2n) is 6.98. The molecule has 0 radical (unpaired) electrons. The highest BCUT2D eigenvalue weighted by atomic mass is 32.2. The topological polar surface area (TPSA) is 84.2 Å². The number of rotatable bonds is 5. The molecule has 2 aromatic carbocycles. The number of oxazole rings is 1. The molecule has 6 nitrogen and oxygen atoms in total. The molecule has 1 aromatic heterocycles. The van der Waals surface area contributed by atoms with Gasteiger partial charge >= 0.3 is 0 Å². The van der Waals surface area contributed by atoms with E-state index in [1.54, 1.807) is 0 Å². The first-order chi connectivity index (χ1) is 13.9. The Kier molecular flexibility index (Phi) is 5.10. The zero-order valence-electron chi connectivity index (χ0n) is 15.4. The van der Waals surface area contributed by atoms with Crippen molar-refractivity contribution in [2.45, 2.75) is 35.3 Å². The molecule has 0 bridgehead atoms. The van der Waals surface area contributed by atoms with Crippen LogP contribution in [-0.4, -0.2) is 30.9 Å². The predicted octanol–water partition coefficient (Wildman–Crippen LogP) is 3.31. The van der Waals surface area contributed by atoms with Crippen LogP contribution in [0.1, 0.15) is 18.4 Å². The molecule has 0 saturated carbocycles. The Labute approximate surface area is 166 Å². The summed E-state index contributed by atoms with van der Waals surface area (Å²) in [5.41, 5.74) is 1.21. The fraction of sp³-hybridized carbons (Fsp3) is 0.250. The first kappa shape index (κ1) is 19.5. The van der Waals surface area contributed by atoms with Crippen LogP contribution in [0.25, 0.3) is 0 Å². The normalized spacial score (nSPS) is 24.5. The van der Waals surface area contributed by atoms with Crippen molar-refractivity contribution in [3.8, 4) is 0 Å². The summed E-state index contributed by atoms with van der Waals surface area (Å²) in [6.07, 6.45) is 2.13. The Morgan fingerprint density at radius 1 is 1.10 bits per heavy atom. The molecule has 0 amide bonds. The molecular weight excluding hydrogens is 400 g/mol. The molecule has 1 saturated heterocycles. The Morgan fingerprint density at radius 2 is 1.86 bits per heavy atom. The summed E-state index contributed by atoms with van der Waals surface area (Å²) in [7, 11) is -3.90. The van der Waals surface area contributed by atoms with Crippen LogP contribution in [0.2, 0.25) is 0 Å². The zero-order valence-corrected chi connectivity index (χ0v) is 16.2. The number of benzene rings is 2. The number of sulfone groups is 1. The molecular formula is C20H19F2N3O3S. The highest BCUT2D eigenvalue weighted by Gasteiger charge is 2.49. The highest BCUT2D eigenvalue weighted by molar-refractivity contribution is 7.92. The van der Waals surface area contributed by atoms with E-state index in [2.05, 4.69) is 15.6 Å². The lowest BCUT2D eigenvalue weighted by Gasteiger charge is -2.27. The van der Waals surface area contributed by atoms with Crippen molar-refractivity contribution in [3.63, 3.8) is 0 Å². The minimum atomic E-state index is -3.90. The van der Waals surface area contributed by atoms with Crippen molar-refractivity contribution < 1.29 is 21.6 Å². The van der Waals surface area contributed by atoms with E-state index in [4.69, 9.17) is 4.42 Å². The molecule has 2 heterocycles. The van der Waals surface area contributed by atoms with Gasteiger partial charge < -0.3 is 9.73 Å². The van der Waals surface area contributed by atoms with Crippen molar-refractivity contribution >= 4 is 15.5 Å². The Morgan fingerprint density at radius 3 is 2.52 bits per heavy atom. The molecule has 4 atom stereocenters. The Balaban J connectivity index is 1.77. The van der Waals surface area contributed by atoms with Crippen LogP contribution in [0, 0.1) is 11.6 Å². The molecule has 152 valence electrons. The molecule has 2 N–H and O–H groups in total. The van der Waals surface area contributed by atoms with E-state index in [1.807, 2.05) is 37.3 Å². The van der Waals surface area contributed by atoms with Gasteiger partial charge in [0.05, 0.1) is 6.04 Å². The van der Waals surface area contributed by atoms with Gasteiger partial charge in [0, 0.05) is 23.7 Å². The summed E-state index contributed by atoms with van der Waals surface area (Å²) >= 11 is 0. The van der Waals surface area contributed by atoms with E-state index in [0.29, 0.717) is 0 Å². The van der Waals surface area contributed by atoms with Gasteiger partial charge in [0.2, 0.25) is 9.84 Å². The van der Waals surface area contributed by atoms with E-state index in [0.717, 1.165) is 30.4 Å². The summed E-state index contributed by atoms with van der Waals surface area (Å²) in [5.74, 6) is -2.24. The maximum absolute atomic E-state index is 13.7. The van der Waals surface area contributed by atoms with Crippen LogP contribution in [0.5, 0.6) is 0 Å². The molecule has 4 unspecified atom stereocenters. The number of halogens is 2. The third-order valence-electron chi connectivity index (χ3n) is 5.15. The van der Waals surface area contributed by atoms with Crippen LogP contribution in [0.15, 0.2) is 70.6 Å². The minimum Gasteiger partial charge on any atom is -0.450 e. The molecule has 3 aromatic rings. The standard InChI is InChI=1S/C20H19F2N3O3S/c1-12-18(13-5-3-2-4-6-13)19(25-14-7-8-15(21)16(22)9-14)20(24-12)29(26,27)17-10-28-11-23-17/h2-12,18-20,24-25H,1H3. The van der Waals surface area contributed by atoms with E-state index >= 15 is 0 Å². The van der Waals surface area contributed by atoms with Crippen LogP contribution in [-0.2, 0) is 9.84 Å². The lowest BCUT2D eigenvalue weighted by atomic mass is 9.89. The molecule has 0 spiro atoms. The van der Waals surface area contributed by atoms with Crippen LogP contribution in [0.3, 0.4) is 0 Å². The van der Waals surface area contributed by atoms with Crippen LogP contribution >= 0.6 is 0 Å². The van der Waals surface area contributed by atoms with E-state index in [9.17, 15) is 17.2 Å². The minimum absolute atomic E-state index is 0.187. The SMILES string of the molecule is CC1NC(S(=O)(=O)c2cocn2)C(Nc2ccc(F)c(F)c2)C1c1ccccc1. The number of anilines is 1. The van der Waals surface area contributed by atoms with Crippen molar-refractivity contribution in [3.05, 3.63) is 78.4 Å². The monoisotopic (exact) mass is 419 g/mol. The van der Waals surface area contributed by atoms with Gasteiger partial charge in [-0.15, -0.1) is 0 Å². The Hall–Kier alpha value is -2.78. The number of hydrogen-bond acceptors (Lipinski definition) is 6. The average Bonchev–Trinajstić information content (AvgIpc) is 3.35. The zero-order chi connectivity index (χ0) is 20.6. The van der Waals surface area contributed by atoms with Gasteiger partial charge in [0.25, 0.3) is 0 Å². The van der Waals surface area contributed by atoms with Gasteiger partial charge in [-0.1, -0.05) is 30.3 Å². The molecule has 4 rings (SSSR count). The third-order valence-corrected chi connectivity index (χ3v) is 7.03.